The minimum Gasteiger partial charge on any atom is -0.393 e. The van der Waals surface area contributed by atoms with Crippen molar-refractivity contribution in [3.8, 4) is 0 Å². The van der Waals surface area contributed by atoms with Crippen molar-refractivity contribution in [3.05, 3.63) is 52.1 Å². The van der Waals surface area contributed by atoms with Crippen molar-refractivity contribution < 1.29 is 9.90 Å². The average Bonchev–Trinajstić information content (AvgIpc) is 2.95. The number of hydrogen-bond donors (Lipinski definition) is 1. The van der Waals surface area contributed by atoms with Crippen molar-refractivity contribution in [3.63, 3.8) is 0 Å². The summed E-state index contributed by atoms with van der Waals surface area (Å²) < 4.78 is 0. The molecule has 3 heteroatoms. The molecule has 1 N–H and O–H groups in total. The van der Waals surface area contributed by atoms with Crippen LogP contribution in [0.2, 0.25) is 5.02 Å². The molecule has 0 saturated heterocycles. The van der Waals surface area contributed by atoms with Gasteiger partial charge in [-0.05, 0) is 91.4 Å². The van der Waals surface area contributed by atoms with E-state index >= 15 is 0 Å². The molecule has 0 radical (unpaired) electrons. The predicted octanol–water partition coefficient (Wildman–Crippen LogP) is 6.23. The standard InChI is InChI=1S/C26H31ClO2/c1-25-11-9-19(28)15-18(25)7-8-20-21(25)10-12-26(2)22(20)14-17(24(26)29)13-16-5-3-4-6-23(16)27/h3-7,13,19-22,28H,8-12,14-15H2,1-2H3/b17-13+/t19-,20-,21+,22+,25-,26-/m0/s1. The van der Waals surface area contributed by atoms with E-state index in [0.717, 1.165) is 56.1 Å². The van der Waals surface area contributed by atoms with Gasteiger partial charge < -0.3 is 5.11 Å². The number of benzene rings is 1. The Morgan fingerprint density at radius 1 is 1.07 bits per heavy atom. The number of carbonyl (C=O) groups is 1. The quantitative estimate of drug-likeness (QED) is 0.440. The van der Waals surface area contributed by atoms with Gasteiger partial charge in [-0.3, -0.25) is 4.79 Å². The first-order valence-electron chi connectivity index (χ1n) is 11.2. The molecule has 0 amide bonds. The average molecular weight is 411 g/mol. The molecule has 29 heavy (non-hydrogen) atoms. The summed E-state index contributed by atoms with van der Waals surface area (Å²) in [5.41, 5.74) is 3.38. The van der Waals surface area contributed by atoms with Crippen LogP contribution in [0.1, 0.15) is 64.4 Å². The van der Waals surface area contributed by atoms with Crippen molar-refractivity contribution in [1.82, 2.24) is 0 Å². The Morgan fingerprint density at radius 3 is 2.62 bits per heavy atom. The predicted molar refractivity (Wildman–Crippen MR) is 118 cm³/mol. The second-order valence-electron chi connectivity index (χ2n) is 10.3. The first kappa shape index (κ1) is 19.6. The van der Waals surface area contributed by atoms with Gasteiger partial charge in [0, 0.05) is 10.4 Å². The summed E-state index contributed by atoms with van der Waals surface area (Å²) in [6, 6.07) is 7.80. The number of rotatable bonds is 1. The van der Waals surface area contributed by atoms with E-state index in [1.165, 1.54) is 5.57 Å². The number of halogens is 1. The fourth-order valence-electron chi connectivity index (χ4n) is 7.22. The molecular weight excluding hydrogens is 380 g/mol. The van der Waals surface area contributed by atoms with E-state index in [2.05, 4.69) is 19.9 Å². The van der Waals surface area contributed by atoms with Crippen molar-refractivity contribution in [2.75, 3.05) is 0 Å². The molecule has 0 bridgehead atoms. The summed E-state index contributed by atoms with van der Waals surface area (Å²) in [6.45, 7) is 4.65. The summed E-state index contributed by atoms with van der Waals surface area (Å²) in [7, 11) is 0. The van der Waals surface area contributed by atoms with E-state index in [1.807, 2.05) is 30.3 Å². The van der Waals surface area contributed by atoms with Gasteiger partial charge in [-0.2, -0.15) is 0 Å². The summed E-state index contributed by atoms with van der Waals surface area (Å²) >= 11 is 6.37. The molecule has 2 nitrogen and oxygen atoms in total. The summed E-state index contributed by atoms with van der Waals surface area (Å²) in [6.07, 6.45) is 11.2. The number of aliphatic hydroxyl groups excluding tert-OH is 1. The van der Waals surface area contributed by atoms with Crippen LogP contribution in [0.25, 0.3) is 6.08 Å². The SMILES string of the molecule is C[C@]12CC[C@H](O)CC1=CC[C@H]1[C@H]2CC[C@]2(C)C(=O)/C(=C/c3ccccc3Cl)C[C@H]12. The summed E-state index contributed by atoms with van der Waals surface area (Å²) in [5, 5.41) is 10.9. The lowest BCUT2D eigenvalue weighted by Gasteiger charge is -2.56. The Bertz CT molecular complexity index is 915. The molecule has 0 spiro atoms. The first-order valence-corrected chi connectivity index (χ1v) is 11.6. The highest BCUT2D eigenvalue weighted by Gasteiger charge is 2.59. The van der Waals surface area contributed by atoms with Crippen LogP contribution in [0, 0.1) is 28.6 Å². The zero-order valence-corrected chi connectivity index (χ0v) is 18.2. The van der Waals surface area contributed by atoms with E-state index < -0.39 is 0 Å². The molecule has 0 heterocycles. The molecule has 6 atom stereocenters. The van der Waals surface area contributed by atoms with Crippen molar-refractivity contribution in [2.45, 2.75) is 64.9 Å². The normalized spacial score (nSPS) is 42.8. The zero-order chi connectivity index (χ0) is 20.4. The monoisotopic (exact) mass is 410 g/mol. The van der Waals surface area contributed by atoms with Gasteiger partial charge in [0.2, 0.25) is 0 Å². The van der Waals surface area contributed by atoms with Gasteiger partial charge in [-0.25, -0.2) is 0 Å². The Kier molecular flexibility index (Phi) is 4.60. The lowest BCUT2D eigenvalue weighted by Crippen LogP contribution is -2.50. The second kappa shape index (κ2) is 6.82. The maximum absolute atomic E-state index is 13.5. The van der Waals surface area contributed by atoms with Gasteiger partial charge in [-0.1, -0.05) is 55.3 Å². The number of Topliss-reactive ketones (excluding diaryl/α,β-unsaturated/α-hetero) is 1. The maximum atomic E-state index is 13.5. The van der Waals surface area contributed by atoms with Crippen molar-refractivity contribution in [2.24, 2.45) is 28.6 Å². The van der Waals surface area contributed by atoms with Crippen LogP contribution in [0.15, 0.2) is 41.5 Å². The molecule has 0 aliphatic heterocycles. The molecule has 1 aromatic rings. The summed E-state index contributed by atoms with van der Waals surface area (Å²) in [4.78, 5) is 13.5. The van der Waals surface area contributed by atoms with Crippen LogP contribution in [-0.2, 0) is 4.79 Å². The molecule has 3 fully saturated rings. The third-order valence-electron chi connectivity index (χ3n) is 8.95. The molecule has 5 rings (SSSR count). The van der Waals surface area contributed by atoms with Gasteiger partial charge in [0.1, 0.15) is 0 Å². The van der Waals surface area contributed by atoms with Gasteiger partial charge in [0.05, 0.1) is 6.10 Å². The first-order chi connectivity index (χ1) is 13.8. The van der Waals surface area contributed by atoms with Gasteiger partial charge in [-0.15, -0.1) is 0 Å². The van der Waals surface area contributed by atoms with Crippen molar-refractivity contribution >= 4 is 23.5 Å². The fraction of sp³-hybridized carbons (Fsp3) is 0.577. The van der Waals surface area contributed by atoms with Crippen LogP contribution in [0.4, 0.5) is 0 Å². The van der Waals surface area contributed by atoms with Crippen LogP contribution in [0.3, 0.4) is 0 Å². The number of hydrogen-bond acceptors (Lipinski definition) is 2. The van der Waals surface area contributed by atoms with Gasteiger partial charge in [0.15, 0.2) is 5.78 Å². The van der Waals surface area contributed by atoms with E-state index in [1.54, 1.807) is 0 Å². The van der Waals surface area contributed by atoms with Crippen LogP contribution in [0.5, 0.6) is 0 Å². The smallest absolute Gasteiger partial charge is 0.165 e. The molecule has 1 aromatic carbocycles. The van der Waals surface area contributed by atoms with E-state index in [0.29, 0.717) is 28.6 Å². The van der Waals surface area contributed by atoms with E-state index in [9.17, 15) is 9.90 Å². The zero-order valence-electron chi connectivity index (χ0n) is 17.5. The van der Waals surface area contributed by atoms with E-state index in [-0.39, 0.29) is 16.9 Å². The molecule has 4 aliphatic carbocycles. The Balaban J connectivity index is 1.49. The third kappa shape index (κ3) is 2.90. The van der Waals surface area contributed by atoms with Crippen LogP contribution < -0.4 is 0 Å². The lowest BCUT2D eigenvalue weighted by molar-refractivity contribution is -0.130. The van der Waals surface area contributed by atoms with Gasteiger partial charge >= 0.3 is 0 Å². The number of fused-ring (bicyclic) bond motifs is 5. The number of carbonyl (C=O) groups excluding carboxylic acids is 1. The summed E-state index contributed by atoms with van der Waals surface area (Å²) in [5.74, 6) is 1.98. The number of ketones is 1. The number of aliphatic hydroxyl groups is 1. The topological polar surface area (TPSA) is 37.3 Å². The molecular formula is C26H31ClO2. The Morgan fingerprint density at radius 2 is 1.83 bits per heavy atom. The maximum Gasteiger partial charge on any atom is 0.165 e. The molecule has 3 saturated carbocycles. The second-order valence-corrected chi connectivity index (χ2v) is 10.7. The van der Waals surface area contributed by atoms with Crippen LogP contribution in [-0.4, -0.2) is 17.0 Å². The largest absolute Gasteiger partial charge is 0.393 e. The van der Waals surface area contributed by atoms with Gasteiger partial charge in [0.25, 0.3) is 0 Å². The lowest BCUT2D eigenvalue weighted by atomic mass is 9.48. The van der Waals surface area contributed by atoms with E-state index in [4.69, 9.17) is 11.6 Å². The van der Waals surface area contributed by atoms with Crippen molar-refractivity contribution in [1.29, 1.82) is 0 Å². The Labute approximate surface area is 179 Å². The molecule has 0 aromatic heterocycles. The minimum atomic E-state index is -0.232. The number of allylic oxidation sites excluding steroid dienone is 2. The highest BCUT2D eigenvalue weighted by molar-refractivity contribution is 6.32. The fourth-order valence-corrected chi connectivity index (χ4v) is 7.41. The third-order valence-corrected chi connectivity index (χ3v) is 9.30. The molecule has 0 unspecified atom stereocenters. The highest BCUT2D eigenvalue weighted by atomic mass is 35.5. The minimum absolute atomic E-state index is 0.169. The molecule has 4 aliphatic rings. The Hall–Kier alpha value is -1.38. The van der Waals surface area contributed by atoms with Crippen LogP contribution >= 0.6 is 11.6 Å². The molecule has 154 valence electrons. The highest BCUT2D eigenvalue weighted by Crippen LogP contribution is 2.64.